The lowest BCUT2D eigenvalue weighted by atomic mass is 10.2. The van der Waals surface area contributed by atoms with Gasteiger partial charge in [-0.25, -0.2) is 13.8 Å². The highest BCUT2D eigenvalue weighted by molar-refractivity contribution is 7.98. The van der Waals surface area contributed by atoms with Crippen molar-refractivity contribution in [2.45, 2.75) is 17.5 Å². The summed E-state index contributed by atoms with van der Waals surface area (Å²) in [5.74, 6) is 0.0901. The van der Waals surface area contributed by atoms with Crippen LogP contribution in [0.3, 0.4) is 0 Å². The zero-order chi connectivity index (χ0) is 18.6. The minimum absolute atomic E-state index is 0.00361. The summed E-state index contributed by atoms with van der Waals surface area (Å²) >= 11 is 1.19. The summed E-state index contributed by atoms with van der Waals surface area (Å²) in [6.45, 7) is 0.355. The van der Waals surface area contributed by atoms with Crippen molar-refractivity contribution < 1.29 is 13.2 Å². The zero-order valence-corrected chi connectivity index (χ0v) is 14.7. The Morgan fingerprint density at radius 3 is 2.59 bits per heavy atom. The smallest absolute Gasteiger partial charge is 0.192 e. The Bertz CT molecular complexity index is 1020. The molecule has 9 heteroatoms. The average Bonchev–Trinajstić information content (AvgIpc) is 3.33. The minimum atomic E-state index is -0.589. The van der Waals surface area contributed by atoms with Crippen LogP contribution >= 0.6 is 11.8 Å². The molecule has 0 saturated heterocycles. The summed E-state index contributed by atoms with van der Waals surface area (Å²) in [6, 6.07) is 7.41. The monoisotopic (exact) mass is 385 g/mol. The van der Waals surface area contributed by atoms with Crippen LogP contribution in [0.1, 0.15) is 11.3 Å². The van der Waals surface area contributed by atoms with Crippen molar-refractivity contribution in [1.29, 1.82) is 0 Å². The molecule has 136 valence electrons. The maximum Gasteiger partial charge on any atom is 0.192 e. The fourth-order valence-corrected chi connectivity index (χ4v) is 3.46. The molecular formula is C18H13F2N5OS. The quantitative estimate of drug-likeness (QED) is 0.468. The number of benzene rings is 1. The van der Waals surface area contributed by atoms with Gasteiger partial charge in [-0.2, -0.15) is 0 Å². The maximum atomic E-state index is 13.9. The van der Waals surface area contributed by atoms with Crippen LogP contribution in [0.4, 0.5) is 8.78 Å². The second-order valence-corrected chi connectivity index (χ2v) is 6.49. The Morgan fingerprint density at radius 2 is 1.89 bits per heavy atom. The number of thioether (sulfide) groups is 1. The van der Waals surface area contributed by atoms with Crippen molar-refractivity contribution in [2.24, 2.45) is 0 Å². The number of hydrogen-bond donors (Lipinski definition) is 0. The topological polar surface area (TPSA) is 69.6 Å². The van der Waals surface area contributed by atoms with Crippen molar-refractivity contribution in [3.8, 4) is 11.5 Å². The van der Waals surface area contributed by atoms with Crippen molar-refractivity contribution in [3.05, 3.63) is 78.1 Å². The van der Waals surface area contributed by atoms with Crippen LogP contribution in [0.25, 0.3) is 11.5 Å². The van der Waals surface area contributed by atoms with Gasteiger partial charge in [-0.15, -0.1) is 10.2 Å². The standard InChI is InChI=1S/C18H13F2N5OS/c19-14-4-1-5-15(20)13(14)11-27-18-24-23-17(16-9-21-6-7-22-16)25(18)10-12-3-2-8-26-12/h1-9H,10-11H2. The Morgan fingerprint density at radius 1 is 1.04 bits per heavy atom. The molecule has 4 rings (SSSR count). The summed E-state index contributed by atoms with van der Waals surface area (Å²) in [7, 11) is 0. The highest BCUT2D eigenvalue weighted by atomic mass is 32.2. The van der Waals surface area contributed by atoms with Gasteiger partial charge in [0.15, 0.2) is 11.0 Å². The zero-order valence-electron chi connectivity index (χ0n) is 13.9. The van der Waals surface area contributed by atoms with Crippen molar-refractivity contribution in [3.63, 3.8) is 0 Å². The van der Waals surface area contributed by atoms with Gasteiger partial charge in [0.2, 0.25) is 0 Å². The molecule has 0 atom stereocenters. The van der Waals surface area contributed by atoms with E-state index in [1.165, 1.54) is 30.0 Å². The number of aromatic nitrogens is 5. The maximum absolute atomic E-state index is 13.9. The molecule has 0 fully saturated rings. The van der Waals surface area contributed by atoms with Gasteiger partial charge >= 0.3 is 0 Å². The van der Waals surface area contributed by atoms with Crippen LogP contribution in [-0.4, -0.2) is 24.7 Å². The lowest BCUT2D eigenvalue weighted by Gasteiger charge is -2.09. The molecule has 27 heavy (non-hydrogen) atoms. The average molecular weight is 385 g/mol. The first-order valence-corrected chi connectivity index (χ1v) is 8.98. The number of furan rings is 1. The van der Waals surface area contributed by atoms with Crippen LogP contribution in [0.5, 0.6) is 0 Å². The lowest BCUT2D eigenvalue weighted by Crippen LogP contribution is -2.05. The summed E-state index contributed by atoms with van der Waals surface area (Å²) in [5, 5.41) is 8.85. The van der Waals surface area contributed by atoms with E-state index >= 15 is 0 Å². The fraction of sp³-hybridized carbons (Fsp3) is 0.111. The van der Waals surface area contributed by atoms with E-state index in [1.807, 2.05) is 6.07 Å². The summed E-state index contributed by atoms with van der Waals surface area (Å²) in [5.41, 5.74) is 0.538. The van der Waals surface area contributed by atoms with E-state index in [1.54, 1.807) is 35.5 Å². The Kier molecular flexibility index (Phi) is 4.93. The molecule has 0 aliphatic carbocycles. The van der Waals surface area contributed by atoms with E-state index in [9.17, 15) is 8.78 Å². The van der Waals surface area contributed by atoms with E-state index in [2.05, 4.69) is 20.2 Å². The minimum Gasteiger partial charge on any atom is -0.467 e. The highest BCUT2D eigenvalue weighted by Crippen LogP contribution is 2.28. The van der Waals surface area contributed by atoms with Crippen LogP contribution in [-0.2, 0) is 12.3 Å². The van der Waals surface area contributed by atoms with Crippen LogP contribution in [0, 0.1) is 11.6 Å². The number of hydrogen-bond acceptors (Lipinski definition) is 6. The predicted octanol–water partition coefficient (Wildman–Crippen LogP) is 3.95. The molecule has 0 unspecified atom stereocenters. The molecule has 3 aromatic heterocycles. The van der Waals surface area contributed by atoms with Gasteiger partial charge in [-0.1, -0.05) is 17.8 Å². The second-order valence-electron chi connectivity index (χ2n) is 5.55. The van der Waals surface area contributed by atoms with Crippen LogP contribution < -0.4 is 0 Å². The molecule has 0 aliphatic heterocycles. The second kappa shape index (κ2) is 7.67. The molecule has 6 nitrogen and oxygen atoms in total. The Labute approximate surface area is 157 Å². The summed E-state index contributed by atoms with van der Waals surface area (Å²) < 4.78 is 35.0. The number of halogens is 2. The van der Waals surface area contributed by atoms with E-state index in [0.717, 1.165) is 0 Å². The molecule has 3 heterocycles. The molecule has 4 aromatic rings. The van der Waals surface area contributed by atoms with E-state index in [0.29, 0.717) is 29.0 Å². The number of rotatable bonds is 6. The van der Waals surface area contributed by atoms with E-state index in [-0.39, 0.29) is 11.3 Å². The highest BCUT2D eigenvalue weighted by Gasteiger charge is 2.18. The molecule has 0 bridgehead atoms. The van der Waals surface area contributed by atoms with E-state index < -0.39 is 11.6 Å². The number of nitrogens with zero attached hydrogens (tertiary/aromatic N) is 5. The third-order valence-corrected chi connectivity index (χ3v) is 4.80. The molecule has 1 aromatic carbocycles. The molecule has 0 amide bonds. The molecule has 0 aliphatic rings. The van der Waals surface area contributed by atoms with Crippen molar-refractivity contribution >= 4 is 11.8 Å². The molecule has 0 N–H and O–H groups in total. The van der Waals surface area contributed by atoms with Crippen molar-refractivity contribution in [1.82, 2.24) is 24.7 Å². The summed E-state index contributed by atoms with van der Waals surface area (Å²) in [6.07, 6.45) is 6.27. The molecular weight excluding hydrogens is 372 g/mol. The first kappa shape index (κ1) is 17.3. The van der Waals surface area contributed by atoms with Gasteiger partial charge in [-0.05, 0) is 24.3 Å². The molecule has 0 radical (unpaired) electrons. The van der Waals surface area contributed by atoms with Gasteiger partial charge in [0.05, 0.1) is 19.0 Å². The Hall–Kier alpha value is -3.07. The largest absolute Gasteiger partial charge is 0.467 e. The first-order chi connectivity index (χ1) is 13.2. The SMILES string of the molecule is Fc1cccc(F)c1CSc1nnc(-c2cnccn2)n1Cc1ccco1. The fourth-order valence-electron chi connectivity index (χ4n) is 2.51. The van der Waals surface area contributed by atoms with Crippen molar-refractivity contribution in [2.75, 3.05) is 0 Å². The van der Waals surface area contributed by atoms with Gasteiger partial charge < -0.3 is 4.42 Å². The molecule has 0 saturated carbocycles. The third-order valence-electron chi connectivity index (χ3n) is 3.81. The Balaban J connectivity index is 1.67. The van der Waals surface area contributed by atoms with Crippen LogP contribution in [0.2, 0.25) is 0 Å². The van der Waals surface area contributed by atoms with Crippen LogP contribution in [0.15, 0.2) is 64.8 Å². The summed E-state index contributed by atoms with van der Waals surface area (Å²) in [4.78, 5) is 8.31. The predicted molar refractivity (Wildman–Crippen MR) is 94.8 cm³/mol. The van der Waals surface area contributed by atoms with Gasteiger partial charge in [0.1, 0.15) is 23.1 Å². The van der Waals surface area contributed by atoms with Gasteiger partial charge in [-0.3, -0.25) is 9.55 Å². The third kappa shape index (κ3) is 3.72. The normalized spacial score (nSPS) is 11.0. The molecule has 0 spiro atoms. The van der Waals surface area contributed by atoms with E-state index in [4.69, 9.17) is 4.42 Å². The van der Waals surface area contributed by atoms with Gasteiger partial charge in [0.25, 0.3) is 0 Å². The van der Waals surface area contributed by atoms with Gasteiger partial charge in [0, 0.05) is 23.7 Å². The first-order valence-electron chi connectivity index (χ1n) is 8.00. The lowest BCUT2D eigenvalue weighted by molar-refractivity contribution is 0.485.